The summed E-state index contributed by atoms with van der Waals surface area (Å²) in [4.78, 5) is 0. The third-order valence-electron chi connectivity index (χ3n) is 0. The second-order valence-electron chi connectivity index (χ2n) is 2.68. The lowest BCUT2D eigenvalue weighted by Crippen LogP contribution is -2.40. The molecule has 0 aliphatic heterocycles. The largest absolute Gasteiger partial charge is 0.360 e. The van der Waals surface area contributed by atoms with Gasteiger partial charge in [0.2, 0.25) is 0 Å². The van der Waals surface area contributed by atoms with E-state index < -0.39 is 0 Å². The van der Waals surface area contributed by atoms with Crippen molar-refractivity contribution < 1.29 is 10.2 Å². The van der Waals surface area contributed by atoms with Gasteiger partial charge in [-0.25, -0.2) is 0 Å². The van der Waals surface area contributed by atoms with E-state index >= 15 is 0 Å². The summed E-state index contributed by atoms with van der Waals surface area (Å²) in [5.41, 5.74) is 3.25. The highest BCUT2D eigenvalue weighted by molar-refractivity contribution is 3.87. The van der Waals surface area contributed by atoms with Crippen molar-refractivity contribution in [2.45, 2.75) is 0 Å². The number of quaternary nitrogens is 2. The highest BCUT2D eigenvalue weighted by atomic mass is 15.2. The molecule has 3 N–H and O–H groups in total. The molecule has 0 aromatic rings. The molecule has 0 aliphatic rings. The first-order chi connectivity index (χ1) is 3.00. The summed E-state index contributed by atoms with van der Waals surface area (Å²) in [5, 5.41) is 0. The molecule has 0 spiro atoms. The van der Waals surface area contributed by atoms with Crippen LogP contribution in [0.3, 0.4) is 0 Å². The minimum absolute atomic E-state index is 1.00. The van der Waals surface area contributed by atoms with Crippen molar-refractivity contribution in [3.05, 3.63) is 0 Å². The summed E-state index contributed by atoms with van der Waals surface area (Å²) in [7, 11) is 10.2. The van der Waals surface area contributed by atoms with Crippen LogP contribution in [0.5, 0.6) is 0 Å². The first kappa shape index (κ1) is 10.0. The Morgan fingerprint density at radius 3 is 0.857 bits per heavy atom. The van der Waals surface area contributed by atoms with Gasteiger partial charge < -0.3 is 10.2 Å². The van der Waals surface area contributed by atoms with E-state index in [-0.39, 0.29) is 0 Å². The lowest BCUT2D eigenvalue weighted by Gasteiger charge is -2.14. The third kappa shape index (κ3) is 14200. The van der Waals surface area contributed by atoms with Gasteiger partial charge in [0, 0.05) is 0 Å². The van der Waals surface area contributed by atoms with E-state index in [1.807, 2.05) is 0 Å². The molecule has 0 atom stereocenters. The Morgan fingerprint density at radius 1 is 0.857 bits per heavy atom. The normalized spacial score (nSPS) is 9.43. The van der Waals surface area contributed by atoms with Crippen molar-refractivity contribution in [3.63, 3.8) is 0 Å². The summed E-state index contributed by atoms with van der Waals surface area (Å²) in [6.07, 6.45) is 0. The number of nitrogens with zero attached hydrogens (tertiary/aromatic N) is 1. The highest BCUT2D eigenvalue weighted by Crippen LogP contribution is 1.73. The van der Waals surface area contributed by atoms with Crippen LogP contribution in [0.1, 0.15) is 0 Å². The Kier molecular flexibility index (Phi) is 5.85. The second kappa shape index (κ2) is 4.09. The molecule has 7 heavy (non-hydrogen) atoms. The van der Waals surface area contributed by atoms with Gasteiger partial charge in [-0.1, -0.05) is 0 Å². The van der Waals surface area contributed by atoms with Crippen LogP contribution in [0.15, 0.2) is 0 Å². The lowest BCUT2D eigenvalue weighted by atomic mass is 10.8. The molecule has 0 fully saturated rings. The van der Waals surface area contributed by atoms with Crippen molar-refractivity contribution in [2.24, 2.45) is 0 Å². The molecule has 46 valence electrons. The minimum Gasteiger partial charge on any atom is -0.360 e. The summed E-state index contributed by atoms with van der Waals surface area (Å²) in [5.74, 6) is 0. The van der Waals surface area contributed by atoms with Gasteiger partial charge in [0.1, 0.15) is 0 Å². The van der Waals surface area contributed by atoms with Crippen LogP contribution in [0.4, 0.5) is 0 Å². The summed E-state index contributed by atoms with van der Waals surface area (Å²) < 4.78 is 1.00. The molecular weight excluding hydrogens is 88.1 g/mol. The van der Waals surface area contributed by atoms with E-state index in [9.17, 15) is 0 Å². The Morgan fingerprint density at radius 2 is 0.857 bits per heavy atom. The number of rotatable bonds is 0. The standard InChI is InChI=1S/C4H12N.CH5N/c1-5(2,3)4;1-2/h1-4H3;2H2,1H3/q+1;/p+1. The second-order valence-corrected chi connectivity index (χ2v) is 2.68. The molecule has 2 nitrogen and oxygen atoms in total. The van der Waals surface area contributed by atoms with E-state index in [4.69, 9.17) is 0 Å². The topological polar surface area (TPSA) is 27.6 Å². The number of hydrogen-bond donors (Lipinski definition) is 1. The van der Waals surface area contributed by atoms with Gasteiger partial charge in [-0.15, -0.1) is 0 Å². The Labute approximate surface area is 46.5 Å². The zero-order valence-corrected chi connectivity index (χ0v) is 6.15. The predicted octanol–water partition coefficient (Wildman–Crippen LogP) is -0.819. The average Bonchev–Trinajstić information content (AvgIpc) is 1.36. The summed E-state index contributed by atoms with van der Waals surface area (Å²) >= 11 is 0. The maximum Gasteiger partial charge on any atom is 0.0675 e. The first-order valence-corrected chi connectivity index (χ1v) is 2.50. The van der Waals surface area contributed by atoms with Crippen LogP contribution >= 0.6 is 0 Å². The molecule has 0 saturated carbocycles. The molecule has 0 heterocycles. The SMILES string of the molecule is C[N+](C)(C)C.C[NH3+]. The molecule has 0 radical (unpaired) electrons. The first-order valence-electron chi connectivity index (χ1n) is 2.50. The van der Waals surface area contributed by atoms with Crippen LogP contribution in [0, 0.1) is 0 Å². The fraction of sp³-hybridized carbons (Fsp3) is 1.00. The van der Waals surface area contributed by atoms with Gasteiger partial charge in [-0.2, -0.15) is 0 Å². The molecule has 0 bridgehead atoms. The van der Waals surface area contributed by atoms with Gasteiger partial charge in [0.05, 0.1) is 35.2 Å². The van der Waals surface area contributed by atoms with E-state index in [1.165, 1.54) is 0 Å². The summed E-state index contributed by atoms with van der Waals surface area (Å²) in [6, 6.07) is 0. The van der Waals surface area contributed by atoms with E-state index in [1.54, 1.807) is 7.05 Å². The molecule has 0 saturated heterocycles. The zero-order valence-electron chi connectivity index (χ0n) is 6.15. The molecule has 0 amide bonds. The van der Waals surface area contributed by atoms with Crippen molar-refractivity contribution >= 4 is 0 Å². The fourth-order valence-corrected chi connectivity index (χ4v) is 0. The minimum atomic E-state index is 1.00. The van der Waals surface area contributed by atoms with Gasteiger partial charge in [-0.3, -0.25) is 0 Å². The van der Waals surface area contributed by atoms with Crippen molar-refractivity contribution in [1.82, 2.24) is 0 Å². The van der Waals surface area contributed by atoms with Crippen molar-refractivity contribution in [2.75, 3.05) is 35.2 Å². The maximum absolute atomic E-state index is 3.25. The summed E-state index contributed by atoms with van der Waals surface area (Å²) in [6.45, 7) is 0. The van der Waals surface area contributed by atoms with Gasteiger partial charge in [0.15, 0.2) is 0 Å². The predicted molar refractivity (Wildman–Crippen MR) is 32.8 cm³/mol. The van der Waals surface area contributed by atoms with Crippen molar-refractivity contribution in [1.29, 1.82) is 0 Å². The third-order valence-corrected chi connectivity index (χ3v) is 0. The molecule has 0 aromatic heterocycles. The van der Waals surface area contributed by atoms with Gasteiger partial charge >= 0.3 is 0 Å². The quantitative estimate of drug-likeness (QED) is 0.391. The van der Waals surface area contributed by atoms with E-state index in [0.717, 1.165) is 4.48 Å². The molecule has 0 aromatic carbocycles. The monoisotopic (exact) mass is 106 g/mol. The zero-order chi connectivity index (χ0) is 6.50. The number of hydrogen-bond acceptors (Lipinski definition) is 0. The van der Waals surface area contributed by atoms with Crippen LogP contribution in [-0.4, -0.2) is 39.7 Å². The Bertz CT molecular complexity index is 21.6. The van der Waals surface area contributed by atoms with Gasteiger partial charge in [-0.05, 0) is 0 Å². The molecule has 0 aliphatic carbocycles. The Hall–Kier alpha value is -0.0800. The van der Waals surface area contributed by atoms with Crippen LogP contribution in [0.25, 0.3) is 0 Å². The highest BCUT2D eigenvalue weighted by Gasteiger charge is 1.88. The molecule has 0 unspecified atom stereocenters. The molecule has 0 rings (SSSR count). The average molecular weight is 106 g/mol. The smallest absolute Gasteiger partial charge is 0.0675 e. The van der Waals surface area contributed by atoms with Gasteiger partial charge in [0.25, 0.3) is 0 Å². The molecule has 2 heteroatoms. The van der Waals surface area contributed by atoms with Crippen molar-refractivity contribution in [3.8, 4) is 0 Å². The van der Waals surface area contributed by atoms with Crippen LogP contribution < -0.4 is 5.73 Å². The Balaban J connectivity index is 0. The van der Waals surface area contributed by atoms with E-state index in [0.29, 0.717) is 0 Å². The van der Waals surface area contributed by atoms with E-state index in [2.05, 4.69) is 33.9 Å². The lowest BCUT2D eigenvalue weighted by molar-refractivity contribution is -0.849. The van der Waals surface area contributed by atoms with Crippen LogP contribution in [0.2, 0.25) is 0 Å². The molecular formula is C5H18N2+2. The fourth-order valence-electron chi connectivity index (χ4n) is 0. The maximum atomic E-state index is 3.25. The van der Waals surface area contributed by atoms with Crippen LogP contribution in [-0.2, 0) is 0 Å².